The van der Waals surface area contributed by atoms with Crippen LogP contribution >= 0.6 is 15.9 Å². The molecule has 1 heterocycles. The molecule has 1 aliphatic heterocycles. The lowest BCUT2D eigenvalue weighted by Crippen LogP contribution is -2.39. The Labute approximate surface area is 145 Å². The van der Waals surface area contributed by atoms with Gasteiger partial charge in [0, 0.05) is 28.3 Å². The zero-order valence-electron chi connectivity index (χ0n) is 13.3. The molecular formula is C14H20BrN5O2S. The van der Waals surface area contributed by atoms with Crippen LogP contribution in [0.15, 0.2) is 37.1 Å². The van der Waals surface area contributed by atoms with Gasteiger partial charge in [0.05, 0.1) is 11.4 Å². The molecule has 0 atom stereocenters. The van der Waals surface area contributed by atoms with Crippen molar-refractivity contribution in [2.45, 2.75) is 25.7 Å². The predicted octanol–water partition coefficient (Wildman–Crippen LogP) is 2.31. The normalized spacial score (nSPS) is 17.1. The summed E-state index contributed by atoms with van der Waals surface area (Å²) in [4.78, 5) is 0.0798. The zero-order chi connectivity index (χ0) is 17.3. The van der Waals surface area contributed by atoms with Crippen LogP contribution in [0.3, 0.4) is 0 Å². The maximum Gasteiger partial charge on any atom is 0.283 e. The van der Waals surface area contributed by atoms with E-state index in [2.05, 4.69) is 39.3 Å². The minimum Gasteiger partial charge on any atom is -0.398 e. The minimum atomic E-state index is -3.80. The molecule has 0 saturated carbocycles. The smallest absolute Gasteiger partial charge is 0.283 e. The lowest BCUT2D eigenvalue weighted by Gasteiger charge is -2.28. The summed E-state index contributed by atoms with van der Waals surface area (Å²) < 4.78 is 28.9. The first-order chi connectivity index (χ1) is 10.6. The molecule has 0 aromatic heterocycles. The second kappa shape index (κ2) is 6.48. The van der Waals surface area contributed by atoms with E-state index in [-0.39, 0.29) is 10.3 Å². The van der Waals surface area contributed by atoms with Crippen LogP contribution in [0.25, 0.3) is 0 Å². The molecule has 1 aliphatic rings. The summed E-state index contributed by atoms with van der Waals surface area (Å²) in [6.07, 6.45) is 3.13. The van der Waals surface area contributed by atoms with Gasteiger partial charge in [-0.25, -0.2) is 5.12 Å². The number of nitrogens with two attached hydrogens (primary N) is 1. The first-order valence-electron chi connectivity index (χ1n) is 7.09. The topological polar surface area (TPSA) is 91.4 Å². The van der Waals surface area contributed by atoms with Crippen molar-refractivity contribution in [1.29, 1.82) is 0 Å². The van der Waals surface area contributed by atoms with Crippen LogP contribution in [0.5, 0.6) is 0 Å². The Morgan fingerprint density at radius 1 is 1.52 bits per heavy atom. The minimum absolute atomic E-state index is 0.0536. The van der Waals surface area contributed by atoms with Gasteiger partial charge >= 0.3 is 0 Å². The standard InChI is InChI=1S/C14H20BrN5O2S/c1-4-19(20-9-14(2,3)8-17-20)10-18-23(21,22)11-5-6-13(16)12(15)7-11/h5-8,10H,4,9,16H2,1-3H3. The SMILES string of the molecule is CCN(C=NS(=O)(=O)c1ccc(N)c(Br)c1)N1CC(C)(C)C=N1. The summed E-state index contributed by atoms with van der Waals surface area (Å²) in [5.74, 6) is 0. The van der Waals surface area contributed by atoms with Crippen LogP contribution < -0.4 is 5.73 Å². The van der Waals surface area contributed by atoms with Gasteiger partial charge in [-0.3, -0.25) is 5.01 Å². The number of nitrogen functional groups attached to an aromatic ring is 1. The molecule has 0 radical (unpaired) electrons. The van der Waals surface area contributed by atoms with E-state index in [1.807, 2.05) is 13.1 Å². The molecule has 0 aliphatic carbocycles. The number of nitrogens with zero attached hydrogens (tertiary/aromatic N) is 4. The molecule has 23 heavy (non-hydrogen) atoms. The summed E-state index contributed by atoms with van der Waals surface area (Å²) in [6.45, 7) is 7.24. The second-order valence-corrected chi connectivity index (χ2v) is 8.39. The third-order valence-electron chi connectivity index (χ3n) is 3.30. The van der Waals surface area contributed by atoms with E-state index < -0.39 is 10.0 Å². The van der Waals surface area contributed by atoms with Crippen LogP contribution in [-0.2, 0) is 10.0 Å². The molecule has 2 N–H and O–H groups in total. The molecule has 0 fully saturated rings. The van der Waals surface area contributed by atoms with Crippen LogP contribution in [0.2, 0.25) is 0 Å². The third-order valence-corrected chi connectivity index (χ3v) is 5.21. The summed E-state index contributed by atoms with van der Waals surface area (Å²) in [7, 11) is -3.80. The third kappa shape index (κ3) is 4.23. The molecule has 0 amide bonds. The molecule has 0 unspecified atom stereocenters. The Kier molecular flexibility index (Phi) is 5.00. The maximum atomic E-state index is 12.3. The fraction of sp³-hybridized carbons (Fsp3) is 0.429. The number of hydrogen-bond acceptors (Lipinski definition) is 5. The number of sulfonamides is 1. The molecule has 2 rings (SSSR count). The monoisotopic (exact) mass is 401 g/mol. The van der Waals surface area contributed by atoms with E-state index in [0.717, 1.165) is 0 Å². The molecule has 7 nitrogen and oxygen atoms in total. The van der Waals surface area contributed by atoms with Crippen molar-refractivity contribution in [3.05, 3.63) is 22.7 Å². The number of benzene rings is 1. The van der Waals surface area contributed by atoms with Crippen molar-refractivity contribution >= 4 is 44.2 Å². The Hall–Kier alpha value is -1.61. The largest absolute Gasteiger partial charge is 0.398 e. The Morgan fingerprint density at radius 3 is 2.74 bits per heavy atom. The van der Waals surface area contributed by atoms with E-state index in [1.165, 1.54) is 24.5 Å². The molecule has 0 saturated heterocycles. The summed E-state index contributed by atoms with van der Waals surface area (Å²) in [6, 6.07) is 4.40. The van der Waals surface area contributed by atoms with Crippen LogP contribution in [0, 0.1) is 5.41 Å². The van der Waals surface area contributed by atoms with Crippen molar-refractivity contribution < 1.29 is 8.42 Å². The number of halogens is 1. The van der Waals surface area contributed by atoms with Gasteiger partial charge in [0.1, 0.15) is 6.34 Å². The van der Waals surface area contributed by atoms with Gasteiger partial charge in [0.25, 0.3) is 10.0 Å². The highest BCUT2D eigenvalue weighted by molar-refractivity contribution is 9.10. The molecule has 9 heteroatoms. The molecule has 0 spiro atoms. The molecule has 1 aromatic rings. The van der Waals surface area contributed by atoms with Crippen molar-refractivity contribution in [2.75, 3.05) is 18.8 Å². The molecule has 126 valence electrons. The predicted molar refractivity (Wildman–Crippen MR) is 95.6 cm³/mol. The highest BCUT2D eigenvalue weighted by Crippen LogP contribution is 2.24. The van der Waals surface area contributed by atoms with Gasteiger partial charge in [-0.1, -0.05) is 13.8 Å². The fourth-order valence-electron chi connectivity index (χ4n) is 1.98. The van der Waals surface area contributed by atoms with Gasteiger partial charge in [-0.05, 0) is 41.1 Å². The van der Waals surface area contributed by atoms with Gasteiger partial charge in [-0.15, -0.1) is 4.40 Å². The van der Waals surface area contributed by atoms with Gasteiger partial charge in [0.2, 0.25) is 0 Å². The van der Waals surface area contributed by atoms with Crippen LogP contribution in [-0.4, -0.2) is 44.2 Å². The Morgan fingerprint density at radius 2 is 2.22 bits per heavy atom. The van der Waals surface area contributed by atoms with Crippen LogP contribution in [0.4, 0.5) is 5.69 Å². The Bertz CT molecular complexity index is 746. The van der Waals surface area contributed by atoms with Crippen molar-refractivity contribution in [3.63, 3.8) is 0 Å². The number of anilines is 1. The number of rotatable bonds is 5. The van der Waals surface area contributed by atoms with Crippen molar-refractivity contribution in [3.8, 4) is 0 Å². The van der Waals surface area contributed by atoms with Crippen molar-refractivity contribution in [1.82, 2.24) is 10.1 Å². The number of hydrazine groups is 1. The van der Waals surface area contributed by atoms with E-state index in [0.29, 0.717) is 23.2 Å². The summed E-state index contributed by atoms with van der Waals surface area (Å²) in [5.41, 5.74) is 6.09. The van der Waals surface area contributed by atoms with Gasteiger partial charge in [0.15, 0.2) is 0 Å². The molecule has 1 aromatic carbocycles. The highest BCUT2D eigenvalue weighted by atomic mass is 79.9. The van der Waals surface area contributed by atoms with Gasteiger partial charge < -0.3 is 5.73 Å². The average Bonchev–Trinajstić information content (AvgIpc) is 2.82. The van der Waals surface area contributed by atoms with E-state index in [1.54, 1.807) is 10.1 Å². The lowest BCUT2D eigenvalue weighted by atomic mass is 9.97. The first-order valence-corrected chi connectivity index (χ1v) is 9.33. The van der Waals surface area contributed by atoms with Gasteiger partial charge in [-0.2, -0.15) is 13.5 Å². The lowest BCUT2D eigenvalue weighted by molar-refractivity contribution is 0.0545. The maximum absolute atomic E-state index is 12.3. The highest BCUT2D eigenvalue weighted by Gasteiger charge is 2.27. The average molecular weight is 402 g/mol. The summed E-state index contributed by atoms with van der Waals surface area (Å²) >= 11 is 3.22. The number of hydrazone groups is 1. The molecule has 0 bridgehead atoms. The first kappa shape index (κ1) is 17.7. The summed E-state index contributed by atoms with van der Waals surface area (Å²) in [5, 5.41) is 7.65. The quantitative estimate of drug-likeness (QED) is 0.464. The fourth-order valence-corrected chi connectivity index (χ4v) is 3.37. The Balaban J connectivity index is 2.19. The second-order valence-electron chi connectivity index (χ2n) is 5.90. The van der Waals surface area contributed by atoms with Crippen LogP contribution in [0.1, 0.15) is 20.8 Å². The molecular weight excluding hydrogens is 382 g/mol. The number of hydrogen-bond donors (Lipinski definition) is 1. The zero-order valence-corrected chi connectivity index (χ0v) is 15.7. The van der Waals surface area contributed by atoms with E-state index in [9.17, 15) is 8.42 Å². The van der Waals surface area contributed by atoms with Crippen molar-refractivity contribution in [2.24, 2.45) is 14.9 Å². The van der Waals surface area contributed by atoms with E-state index >= 15 is 0 Å². The van der Waals surface area contributed by atoms with E-state index in [4.69, 9.17) is 5.73 Å².